The lowest BCUT2D eigenvalue weighted by atomic mass is 10.1. The predicted molar refractivity (Wildman–Crippen MR) is 104 cm³/mol. The predicted octanol–water partition coefficient (Wildman–Crippen LogP) is 4.72. The molecular weight excluding hydrogens is 356 g/mol. The molecule has 5 heteroatoms. The van der Waals surface area contributed by atoms with Crippen LogP contribution < -0.4 is 9.47 Å². The van der Waals surface area contributed by atoms with Gasteiger partial charge >= 0.3 is 11.9 Å². The molecule has 140 valence electrons. The third-order valence-electron chi connectivity index (χ3n) is 4.00. The third-order valence-corrected chi connectivity index (χ3v) is 4.00. The Hall–Kier alpha value is -3.73. The average Bonchev–Trinajstić information content (AvgIpc) is 2.75. The molecule has 0 N–H and O–H groups in total. The SMILES string of the molecule is CCC(=O)c1cc(OC(=O)c2ccccc2)ccc1OC(=O)c1ccccc1. The summed E-state index contributed by atoms with van der Waals surface area (Å²) in [6.07, 6.45) is 0.214. The molecule has 3 aromatic carbocycles. The van der Waals surface area contributed by atoms with Crippen LogP contribution in [-0.2, 0) is 0 Å². The standard InChI is InChI=1S/C23H18O5/c1-2-20(24)19-15-18(27-22(25)16-9-5-3-6-10-16)13-14-21(19)28-23(26)17-11-7-4-8-12-17/h3-15H,2H2,1H3. The molecule has 3 aromatic rings. The van der Waals surface area contributed by atoms with Crippen molar-refractivity contribution in [2.24, 2.45) is 0 Å². The lowest BCUT2D eigenvalue weighted by molar-refractivity contribution is 0.0716. The number of hydrogen-bond donors (Lipinski definition) is 0. The van der Waals surface area contributed by atoms with Gasteiger partial charge in [0.1, 0.15) is 11.5 Å². The number of benzene rings is 3. The summed E-state index contributed by atoms with van der Waals surface area (Å²) < 4.78 is 10.7. The average molecular weight is 374 g/mol. The molecule has 0 aliphatic heterocycles. The molecule has 3 rings (SSSR count). The minimum Gasteiger partial charge on any atom is -0.423 e. The van der Waals surface area contributed by atoms with Gasteiger partial charge in [-0.05, 0) is 42.5 Å². The summed E-state index contributed by atoms with van der Waals surface area (Å²) >= 11 is 0. The number of Topliss-reactive ketones (excluding diaryl/α,β-unsaturated/α-hetero) is 1. The fourth-order valence-corrected chi connectivity index (χ4v) is 2.54. The summed E-state index contributed by atoms with van der Waals surface area (Å²) in [5.41, 5.74) is 0.951. The van der Waals surface area contributed by atoms with Crippen LogP contribution in [0, 0.1) is 0 Å². The Balaban J connectivity index is 1.84. The van der Waals surface area contributed by atoms with Crippen LogP contribution in [0.2, 0.25) is 0 Å². The number of carbonyl (C=O) groups excluding carboxylic acids is 3. The summed E-state index contributed by atoms with van der Waals surface area (Å²) in [6.45, 7) is 1.70. The minimum atomic E-state index is -0.570. The molecule has 0 heterocycles. The smallest absolute Gasteiger partial charge is 0.343 e. The van der Waals surface area contributed by atoms with E-state index in [1.54, 1.807) is 67.6 Å². The van der Waals surface area contributed by atoms with E-state index in [9.17, 15) is 14.4 Å². The Labute approximate surface area is 162 Å². The third kappa shape index (κ3) is 4.51. The van der Waals surface area contributed by atoms with E-state index >= 15 is 0 Å². The zero-order valence-electron chi connectivity index (χ0n) is 15.3. The van der Waals surface area contributed by atoms with Gasteiger partial charge in [0.15, 0.2) is 5.78 Å². The van der Waals surface area contributed by atoms with Crippen LogP contribution in [0.4, 0.5) is 0 Å². The lowest BCUT2D eigenvalue weighted by Gasteiger charge is -2.11. The van der Waals surface area contributed by atoms with E-state index in [-0.39, 0.29) is 29.3 Å². The van der Waals surface area contributed by atoms with Crippen LogP contribution in [0.5, 0.6) is 11.5 Å². The Morgan fingerprint density at radius 1 is 0.714 bits per heavy atom. The van der Waals surface area contributed by atoms with E-state index in [4.69, 9.17) is 9.47 Å². The van der Waals surface area contributed by atoms with Crippen molar-refractivity contribution in [3.63, 3.8) is 0 Å². The normalized spacial score (nSPS) is 10.2. The van der Waals surface area contributed by atoms with Crippen molar-refractivity contribution in [3.05, 3.63) is 95.6 Å². The van der Waals surface area contributed by atoms with E-state index in [0.717, 1.165) is 0 Å². The molecule has 0 radical (unpaired) electrons. The van der Waals surface area contributed by atoms with Gasteiger partial charge in [0.2, 0.25) is 0 Å². The van der Waals surface area contributed by atoms with Crippen molar-refractivity contribution in [3.8, 4) is 11.5 Å². The fourth-order valence-electron chi connectivity index (χ4n) is 2.54. The van der Waals surface area contributed by atoms with Gasteiger partial charge in [-0.3, -0.25) is 4.79 Å². The molecule has 0 atom stereocenters. The van der Waals surface area contributed by atoms with Crippen molar-refractivity contribution in [1.82, 2.24) is 0 Å². The molecule has 0 fully saturated rings. The Bertz CT molecular complexity index is 994. The van der Waals surface area contributed by atoms with Gasteiger partial charge in [0.25, 0.3) is 0 Å². The molecule has 0 amide bonds. The monoisotopic (exact) mass is 374 g/mol. The van der Waals surface area contributed by atoms with Gasteiger partial charge in [-0.1, -0.05) is 43.3 Å². The highest BCUT2D eigenvalue weighted by atomic mass is 16.5. The van der Waals surface area contributed by atoms with E-state index < -0.39 is 11.9 Å². The zero-order valence-corrected chi connectivity index (χ0v) is 15.3. The molecule has 0 saturated carbocycles. The van der Waals surface area contributed by atoms with Crippen molar-refractivity contribution < 1.29 is 23.9 Å². The van der Waals surface area contributed by atoms with Gasteiger partial charge in [-0.2, -0.15) is 0 Å². The lowest BCUT2D eigenvalue weighted by Crippen LogP contribution is -2.12. The summed E-state index contributed by atoms with van der Waals surface area (Å²) in [5, 5.41) is 0. The molecular formula is C23H18O5. The molecule has 0 spiro atoms. The molecule has 0 bridgehead atoms. The van der Waals surface area contributed by atoms with Crippen LogP contribution in [0.3, 0.4) is 0 Å². The van der Waals surface area contributed by atoms with Crippen molar-refractivity contribution >= 4 is 17.7 Å². The number of ketones is 1. The summed E-state index contributed by atoms with van der Waals surface area (Å²) in [7, 11) is 0. The second-order valence-electron chi connectivity index (χ2n) is 5.95. The molecule has 0 aliphatic rings. The highest BCUT2D eigenvalue weighted by molar-refractivity contribution is 6.01. The maximum Gasteiger partial charge on any atom is 0.343 e. The minimum absolute atomic E-state index is 0.125. The number of ether oxygens (including phenoxy) is 2. The largest absolute Gasteiger partial charge is 0.423 e. The highest BCUT2D eigenvalue weighted by Gasteiger charge is 2.18. The molecule has 0 aromatic heterocycles. The fraction of sp³-hybridized carbons (Fsp3) is 0.0870. The Kier molecular flexibility index (Phi) is 5.97. The van der Waals surface area contributed by atoms with E-state index in [2.05, 4.69) is 0 Å². The maximum absolute atomic E-state index is 12.3. The first kappa shape index (κ1) is 19.0. The van der Waals surface area contributed by atoms with Gasteiger partial charge in [-0.25, -0.2) is 9.59 Å². The zero-order chi connectivity index (χ0) is 19.9. The number of carbonyl (C=O) groups is 3. The second kappa shape index (κ2) is 8.77. The van der Waals surface area contributed by atoms with Gasteiger partial charge in [-0.15, -0.1) is 0 Å². The van der Waals surface area contributed by atoms with E-state index in [1.807, 2.05) is 0 Å². The Morgan fingerprint density at radius 2 is 1.25 bits per heavy atom. The van der Waals surface area contributed by atoms with Crippen LogP contribution in [0.15, 0.2) is 78.9 Å². The van der Waals surface area contributed by atoms with Gasteiger partial charge < -0.3 is 9.47 Å². The van der Waals surface area contributed by atoms with E-state index in [1.165, 1.54) is 18.2 Å². The number of esters is 2. The van der Waals surface area contributed by atoms with Crippen molar-refractivity contribution in [1.29, 1.82) is 0 Å². The van der Waals surface area contributed by atoms with Crippen LogP contribution in [-0.4, -0.2) is 17.7 Å². The summed E-state index contributed by atoms with van der Waals surface area (Å²) in [6, 6.07) is 21.4. The maximum atomic E-state index is 12.3. The Morgan fingerprint density at radius 3 is 1.79 bits per heavy atom. The van der Waals surface area contributed by atoms with Crippen LogP contribution >= 0.6 is 0 Å². The number of hydrogen-bond acceptors (Lipinski definition) is 5. The number of rotatable bonds is 6. The molecule has 5 nitrogen and oxygen atoms in total. The molecule has 0 saturated heterocycles. The second-order valence-corrected chi connectivity index (χ2v) is 5.95. The molecule has 0 aliphatic carbocycles. The van der Waals surface area contributed by atoms with Gasteiger partial charge in [0, 0.05) is 6.42 Å². The van der Waals surface area contributed by atoms with Crippen LogP contribution in [0.1, 0.15) is 44.4 Å². The summed E-state index contributed by atoms with van der Waals surface area (Å²) in [4.78, 5) is 36.9. The van der Waals surface area contributed by atoms with Crippen LogP contribution in [0.25, 0.3) is 0 Å². The first-order valence-corrected chi connectivity index (χ1v) is 8.80. The van der Waals surface area contributed by atoms with Gasteiger partial charge in [0.05, 0.1) is 16.7 Å². The first-order chi connectivity index (χ1) is 13.6. The molecule has 28 heavy (non-hydrogen) atoms. The topological polar surface area (TPSA) is 69.7 Å². The summed E-state index contributed by atoms with van der Waals surface area (Å²) in [5.74, 6) is -1.01. The first-order valence-electron chi connectivity index (χ1n) is 8.80. The van der Waals surface area contributed by atoms with E-state index in [0.29, 0.717) is 11.1 Å². The highest BCUT2D eigenvalue weighted by Crippen LogP contribution is 2.27. The quantitative estimate of drug-likeness (QED) is 0.355. The molecule has 0 unspecified atom stereocenters. The van der Waals surface area contributed by atoms with Crippen molar-refractivity contribution in [2.75, 3.05) is 0 Å². The van der Waals surface area contributed by atoms with Crippen molar-refractivity contribution in [2.45, 2.75) is 13.3 Å².